The van der Waals surface area contributed by atoms with Gasteiger partial charge in [-0.1, -0.05) is 29.8 Å². The SMILES string of the molecule is Cc1ccc(/C=C/S(=O)(=O)N2CCN(c3c(C)nn([C@H]4CCS(=O)(=O)C4)c3C)CC2)cc1. The Kier molecular flexibility index (Phi) is 6.21. The zero-order valence-corrected chi connectivity index (χ0v) is 20.4. The van der Waals surface area contributed by atoms with E-state index in [-0.39, 0.29) is 17.5 Å². The van der Waals surface area contributed by atoms with Gasteiger partial charge in [-0.25, -0.2) is 16.8 Å². The molecule has 0 spiro atoms. The molecule has 2 fully saturated rings. The largest absolute Gasteiger partial charge is 0.366 e. The average molecular weight is 479 g/mol. The maximum absolute atomic E-state index is 12.8. The summed E-state index contributed by atoms with van der Waals surface area (Å²) < 4.78 is 52.7. The molecule has 0 N–H and O–H groups in total. The Morgan fingerprint density at radius 1 is 1.03 bits per heavy atom. The summed E-state index contributed by atoms with van der Waals surface area (Å²) in [5.41, 5.74) is 4.76. The minimum Gasteiger partial charge on any atom is -0.366 e. The number of sulfone groups is 1. The van der Waals surface area contributed by atoms with E-state index in [0.717, 1.165) is 28.2 Å². The van der Waals surface area contributed by atoms with Crippen LogP contribution >= 0.6 is 0 Å². The Hall–Kier alpha value is -2.17. The second kappa shape index (κ2) is 8.64. The van der Waals surface area contributed by atoms with Gasteiger partial charge in [0.2, 0.25) is 10.0 Å². The molecular weight excluding hydrogens is 448 g/mol. The molecule has 0 aliphatic carbocycles. The fourth-order valence-corrected chi connectivity index (χ4v) is 7.40. The van der Waals surface area contributed by atoms with Crippen LogP contribution in [0.4, 0.5) is 5.69 Å². The number of nitrogens with zero attached hydrogens (tertiary/aromatic N) is 4. The third kappa shape index (κ3) is 4.77. The van der Waals surface area contributed by atoms with E-state index in [1.165, 1.54) is 9.71 Å². The topological polar surface area (TPSA) is 92.6 Å². The average Bonchev–Trinajstić information content (AvgIpc) is 3.25. The molecule has 2 saturated heterocycles. The molecule has 0 unspecified atom stereocenters. The van der Waals surface area contributed by atoms with Crippen LogP contribution in [0, 0.1) is 20.8 Å². The molecule has 0 bridgehead atoms. The minimum atomic E-state index is -3.50. The fourth-order valence-electron chi connectivity index (χ4n) is 4.53. The first kappa shape index (κ1) is 23.0. The summed E-state index contributed by atoms with van der Waals surface area (Å²) in [6.07, 6.45) is 2.22. The highest BCUT2D eigenvalue weighted by molar-refractivity contribution is 7.92. The number of anilines is 1. The van der Waals surface area contributed by atoms with Crippen LogP contribution in [0.1, 0.15) is 35.0 Å². The van der Waals surface area contributed by atoms with E-state index in [4.69, 9.17) is 0 Å². The van der Waals surface area contributed by atoms with Crippen LogP contribution in [-0.2, 0) is 19.9 Å². The van der Waals surface area contributed by atoms with Crippen LogP contribution in [0.15, 0.2) is 29.7 Å². The molecule has 1 aromatic heterocycles. The number of piperazine rings is 1. The molecule has 8 nitrogen and oxygen atoms in total. The third-order valence-electron chi connectivity index (χ3n) is 6.27. The predicted molar refractivity (Wildman–Crippen MR) is 127 cm³/mol. The van der Waals surface area contributed by atoms with E-state index < -0.39 is 19.9 Å². The van der Waals surface area contributed by atoms with Gasteiger partial charge in [-0.2, -0.15) is 9.40 Å². The van der Waals surface area contributed by atoms with Crippen LogP contribution in [0.2, 0.25) is 0 Å². The molecular formula is C22H30N4O4S2. The first-order valence-corrected chi connectivity index (χ1v) is 14.1. The minimum absolute atomic E-state index is 0.124. The van der Waals surface area contributed by atoms with E-state index in [2.05, 4.69) is 10.00 Å². The highest BCUT2D eigenvalue weighted by Gasteiger charge is 2.33. The molecule has 2 aliphatic rings. The first-order chi connectivity index (χ1) is 15.1. The normalized spacial score (nSPS) is 22.1. The summed E-state index contributed by atoms with van der Waals surface area (Å²) in [7, 11) is -6.49. The third-order valence-corrected chi connectivity index (χ3v) is 9.58. The molecule has 2 aromatic rings. The molecule has 10 heteroatoms. The number of aromatic nitrogens is 2. The van der Waals surface area contributed by atoms with Gasteiger partial charge in [0.1, 0.15) is 0 Å². The van der Waals surface area contributed by atoms with Gasteiger partial charge in [-0.3, -0.25) is 4.68 Å². The zero-order valence-electron chi connectivity index (χ0n) is 18.7. The molecule has 2 aliphatic heterocycles. The summed E-state index contributed by atoms with van der Waals surface area (Å²) in [4.78, 5) is 2.16. The molecule has 4 rings (SSSR count). The van der Waals surface area contributed by atoms with Crippen molar-refractivity contribution >= 4 is 31.6 Å². The lowest BCUT2D eigenvalue weighted by Crippen LogP contribution is -2.48. The smallest absolute Gasteiger partial charge is 0.236 e. The van der Waals surface area contributed by atoms with Gasteiger partial charge >= 0.3 is 0 Å². The standard InChI is InChI=1S/C22H30N4O4S2/c1-17-4-6-20(7-5-17)8-15-32(29,30)25-12-10-24(11-13-25)22-18(2)23-26(19(22)3)21-9-14-31(27,28)16-21/h4-8,15,21H,9-14,16H2,1-3H3/b15-8+/t21-/m0/s1. The Labute approximate surface area is 190 Å². The van der Waals surface area contributed by atoms with Crippen molar-refractivity contribution in [1.29, 1.82) is 0 Å². The summed E-state index contributed by atoms with van der Waals surface area (Å²) in [6.45, 7) is 7.79. The summed E-state index contributed by atoms with van der Waals surface area (Å²) in [5.74, 6) is 0.339. The maximum atomic E-state index is 12.8. The van der Waals surface area contributed by atoms with Gasteiger partial charge in [0.15, 0.2) is 9.84 Å². The van der Waals surface area contributed by atoms with Crippen LogP contribution in [0.25, 0.3) is 6.08 Å². The van der Waals surface area contributed by atoms with Gasteiger partial charge in [-0.05, 0) is 38.8 Å². The molecule has 32 heavy (non-hydrogen) atoms. The summed E-state index contributed by atoms with van der Waals surface area (Å²) >= 11 is 0. The van der Waals surface area contributed by atoms with Crippen molar-refractivity contribution in [1.82, 2.24) is 14.1 Å². The summed E-state index contributed by atoms with van der Waals surface area (Å²) in [5, 5.41) is 5.92. The first-order valence-electron chi connectivity index (χ1n) is 10.8. The second-order valence-electron chi connectivity index (χ2n) is 8.67. The van der Waals surface area contributed by atoms with Crippen molar-refractivity contribution < 1.29 is 16.8 Å². The van der Waals surface area contributed by atoms with E-state index in [1.807, 2.05) is 49.7 Å². The van der Waals surface area contributed by atoms with Gasteiger partial charge in [0.25, 0.3) is 0 Å². The van der Waals surface area contributed by atoms with Gasteiger partial charge in [0.05, 0.1) is 34.6 Å². The summed E-state index contributed by atoms with van der Waals surface area (Å²) in [6, 6.07) is 7.59. The molecule has 1 atom stereocenters. The lowest BCUT2D eigenvalue weighted by atomic mass is 10.2. The van der Waals surface area contributed by atoms with Gasteiger partial charge < -0.3 is 4.90 Å². The van der Waals surface area contributed by atoms with Gasteiger partial charge in [-0.15, -0.1) is 0 Å². The number of hydrogen-bond acceptors (Lipinski definition) is 6. The van der Waals surface area contributed by atoms with Crippen LogP contribution in [0.5, 0.6) is 0 Å². The highest BCUT2D eigenvalue weighted by atomic mass is 32.2. The van der Waals surface area contributed by atoms with Gasteiger partial charge in [0, 0.05) is 31.6 Å². The van der Waals surface area contributed by atoms with Crippen molar-refractivity contribution in [2.45, 2.75) is 33.2 Å². The zero-order chi connectivity index (χ0) is 23.1. The van der Waals surface area contributed by atoms with Crippen LogP contribution in [0.3, 0.4) is 0 Å². The monoisotopic (exact) mass is 478 g/mol. The van der Waals surface area contributed by atoms with Crippen molar-refractivity contribution in [2.75, 3.05) is 42.6 Å². The number of hydrogen-bond donors (Lipinski definition) is 0. The number of rotatable bonds is 5. The molecule has 3 heterocycles. The number of sulfonamides is 1. The van der Waals surface area contributed by atoms with E-state index in [0.29, 0.717) is 32.6 Å². The van der Waals surface area contributed by atoms with Crippen LogP contribution < -0.4 is 4.90 Å². The predicted octanol–water partition coefficient (Wildman–Crippen LogP) is 2.29. The van der Waals surface area contributed by atoms with Crippen molar-refractivity contribution in [3.63, 3.8) is 0 Å². The Bertz CT molecular complexity index is 1220. The van der Waals surface area contributed by atoms with Crippen molar-refractivity contribution in [3.8, 4) is 0 Å². The Morgan fingerprint density at radius 2 is 1.69 bits per heavy atom. The number of benzene rings is 1. The van der Waals surface area contributed by atoms with Crippen molar-refractivity contribution in [3.05, 3.63) is 52.2 Å². The molecule has 0 amide bonds. The van der Waals surface area contributed by atoms with Crippen LogP contribution in [-0.4, -0.2) is 68.6 Å². The molecule has 174 valence electrons. The second-order valence-corrected chi connectivity index (χ2v) is 12.7. The maximum Gasteiger partial charge on any atom is 0.236 e. The fraction of sp³-hybridized carbons (Fsp3) is 0.500. The molecule has 0 radical (unpaired) electrons. The van der Waals surface area contributed by atoms with E-state index in [9.17, 15) is 16.8 Å². The number of aryl methyl sites for hydroxylation is 2. The highest BCUT2D eigenvalue weighted by Crippen LogP contribution is 2.32. The molecule has 0 saturated carbocycles. The van der Waals surface area contributed by atoms with E-state index in [1.54, 1.807) is 6.08 Å². The lowest BCUT2D eigenvalue weighted by molar-refractivity contribution is 0.389. The Balaban J connectivity index is 1.44. The molecule has 1 aromatic carbocycles. The van der Waals surface area contributed by atoms with E-state index >= 15 is 0 Å². The Morgan fingerprint density at radius 3 is 2.28 bits per heavy atom. The van der Waals surface area contributed by atoms with Crippen molar-refractivity contribution in [2.24, 2.45) is 0 Å². The quantitative estimate of drug-likeness (QED) is 0.655. The lowest BCUT2D eigenvalue weighted by Gasteiger charge is -2.35.